The van der Waals surface area contributed by atoms with Crippen LogP contribution in [0.5, 0.6) is 0 Å². The molecule has 1 aromatic carbocycles. The number of aryl methyl sites for hydroxylation is 1. The van der Waals surface area contributed by atoms with E-state index in [1.54, 1.807) is 6.20 Å². The van der Waals surface area contributed by atoms with Crippen molar-refractivity contribution in [2.75, 3.05) is 5.32 Å². The van der Waals surface area contributed by atoms with Gasteiger partial charge in [-0.25, -0.2) is 4.98 Å². The summed E-state index contributed by atoms with van der Waals surface area (Å²) in [4.78, 5) is 4.21. The van der Waals surface area contributed by atoms with E-state index >= 15 is 0 Å². The summed E-state index contributed by atoms with van der Waals surface area (Å²) in [6, 6.07) is 7.61. The lowest BCUT2D eigenvalue weighted by atomic mass is 10.2. The van der Waals surface area contributed by atoms with Crippen LogP contribution in [0.4, 0.5) is 5.82 Å². The van der Waals surface area contributed by atoms with Crippen LogP contribution in [0.1, 0.15) is 24.6 Å². The van der Waals surface area contributed by atoms with Crippen LogP contribution in [0.15, 0.2) is 34.9 Å². The van der Waals surface area contributed by atoms with Crippen molar-refractivity contribution in [1.29, 1.82) is 0 Å². The molecule has 0 spiro atoms. The highest BCUT2D eigenvalue weighted by molar-refractivity contribution is 6.34. The molecule has 102 valence electrons. The number of hydrogen-bond donors (Lipinski definition) is 1. The van der Waals surface area contributed by atoms with E-state index in [1.807, 2.05) is 38.1 Å². The number of aromatic nitrogens is 3. The number of anilines is 1. The molecular formula is C14H13ClN4O. The van der Waals surface area contributed by atoms with Crippen molar-refractivity contribution in [2.45, 2.75) is 19.9 Å². The molecule has 0 aliphatic rings. The Kier molecular flexibility index (Phi) is 3.28. The number of rotatable bonds is 3. The number of oxazole rings is 1. The summed E-state index contributed by atoms with van der Waals surface area (Å²) in [7, 11) is 0. The highest BCUT2D eigenvalue weighted by atomic mass is 35.5. The van der Waals surface area contributed by atoms with Gasteiger partial charge in [0.15, 0.2) is 11.0 Å². The van der Waals surface area contributed by atoms with E-state index in [0.29, 0.717) is 16.9 Å². The summed E-state index contributed by atoms with van der Waals surface area (Å²) in [6.07, 6.45) is 1.69. The van der Waals surface area contributed by atoms with E-state index in [1.165, 1.54) is 0 Å². The van der Waals surface area contributed by atoms with E-state index in [-0.39, 0.29) is 6.04 Å². The fourth-order valence-electron chi connectivity index (χ4n) is 2.02. The van der Waals surface area contributed by atoms with Gasteiger partial charge in [-0.2, -0.15) is 0 Å². The summed E-state index contributed by atoms with van der Waals surface area (Å²) < 4.78 is 5.51. The van der Waals surface area contributed by atoms with Gasteiger partial charge in [0.1, 0.15) is 11.8 Å². The minimum Gasteiger partial charge on any atom is -0.444 e. The molecule has 1 atom stereocenters. The molecule has 0 bridgehead atoms. The SMILES string of the molecule is Cc1cnc(C(C)Nc2nnc(Cl)c3ccccc23)o1. The van der Waals surface area contributed by atoms with Gasteiger partial charge in [-0.3, -0.25) is 0 Å². The summed E-state index contributed by atoms with van der Waals surface area (Å²) in [5, 5.41) is 13.5. The number of benzene rings is 1. The molecule has 3 aromatic rings. The zero-order valence-corrected chi connectivity index (χ0v) is 11.8. The van der Waals surface area contributed by atoms with E-state index < -0.39 is 0 Å². The molecule has 5 nitrogen and oxygen atoms in total. The number of nitrogens with zero attached hydrogens (tertiary/aromatic N) is 3. The minimum absolute atomic E-state index is 0.109. The third kappa shape index (κ3) is 2.32. The largest absolute Gasteiger partial charge is 0.444 e. The van der Waals surface area contributed by atoms with Gasteiger partial charge in [0.05, 0.1) is 6.20 Å². The molecule has 1 N–H and O–H groups in total. The Balaban J connectivity index is 1.97. The van der Waals surface area contributed by atoms with Gasteiger partial charge < -0.3 is 9.73 Å². The van der Waals surface area contributed by atoms with Crippen LogP contribution in [0.25, 0.3) is 10.8 Å². The van der Waals surface area contributed by atoms with Gasteiger partial charge >= 0.3 is 0 Å². The third-order valence-corrected chi connectivity index (χ3v) is 3.28. The molecule has 0 saturated heterocycles. The van der Waals surface area contributed by atoms with Gasteiger partial charge in [-0.15, -0.1) is 10.2 Å². The zero-order chi connectivity index (χ0) is 14.1. The van der Waals surface area contributed by atoms with Gasteiger partial charge in [0, 0.05) is 10.8 Å². The Morgan fingerprint density at radius 2 is 1.95 bits per heavy atom. The molecule has 20 heavy (non-hydrogen) atoms. The van der Waals surface area contributed by atoms with Crippen LogP contribution >= 0.6 is 11.6 Å². The van der Waals surface area contributed by atoms with Crippen LogP contribution in [-0.4, -0.2) is 15.2 Å². The quantitative estimate of drug-likeness (QED) is 0.795. The van der Waals surface area contributed by atoms with Gasteiger partial charge in [-0.1, -0.05) is 35.9 Å². The maximum absolute atomic E-state index is 6.05. The lowest BCUT2D eigenvalue weighted by Gasteiger charge is -2.12. The van der Waals surface area contributed by atoms with E-state index in [0.717, 1.165) is 16.5 Å². The Bertz CT molecular complexity index is 756. The van der Waals surface area contributed by atoms with Gasteiger partial charge in [-0.05, 0) is 13.8 Å². The Hall–Kier alpha value is -2.14. The smallest absolute Gasteiger partial charge is 0.216 e. The molecule has 2 aromatic heterocycles. The summed E-state index contributed by atoms with van der Waals surface area (Å²) in [5.41, 5.74) is 0. The van der Waals surface area contributed by atoms with Gasteiger partial charge in [0.2, 0.25) is 5.89 Å². The van der Waals surface area contributed by atoms with Crippen molar-refractivity contribution in [3.05, 3.63) is 47.3 Å². The molecular weight excluding hydrogens is 276 g/mol. The summed E-state index contributed by atoms with van der Waals surface area (Å²) in [5.74, 6) is 2.05. The molecule has 0 radical (unpaired) electrons. The van der Waals surface area contributed by atoms with Crippen molar-refractivity contribution in [3.8, 4) is 0 Å². The molecule has 6 heteroatoms. The topological polar surface area (TPSA) is 63.8 Å². The molecule has 1 unspecified atom stereocenters. The maximum atomic E-state index is 6.05. The summed E-state index contributed by atoms with van der Waals surface area (Å²) >= 11 is 6.05. The molecule has 0 saturated carbocycles. The molecule has 0 fully saturated rings. The Morgan fingerprint density at radius 1 is 1.20 bits per heavy atom. The van der Waals surface area contributed by atoms with E-state index in [2.05, 4.69) is 20.5 Å². The normalized spacial score (nSPS) is 12.6. The highest BCUT2D eigenvalue weighted by Crippen LogP contribution is 2.28. The number of halogens is 1. The number of nitrogens with one attached hydrogen (secondary N) is 1. The van der Waals surface area contributed by atoms with Crippen LogP contribution in [-0.2, 0) is 0 Å². The van der Waals surface area contributed by atoms with E-state index in [9.17, 15) is 0 Å². The first kappa shape index (κ1) is 12.9. The molecule has 0 aliphatic carbocycles. The van der Waals surface area contributed by atoms with E-state index in [4.69, 9.17) is 16.0 Å². The lowest BCUT2D eigenvalue weighted by Crippen LogP contribution is -2.09. The van der Waals surface area contributed by atoms with Crippen molar-refractivity contribution in [2.24, 2.45) is 0 Å². The second kappa shape index (κ2) is 5.09. The standard InChI is InChI=1S/C14H13ClN4O/c1-8-7-16-14(20-8)9(2)17-13-11-6-4-3-5-10(11)12(15)18-19-13/h3-7,9H,1-2H3,(H,17,19). The zero-order valence-electron chi connectivity index (χ0n) is 11.1. The molecule has 0 amide bonds. The second-order valence-corrected chi connectivity index (χ2v) is 4.92. The van der Waals surface area contributed by atoms with Crippen LogP contribution in [0.3, 0.4) is 0 Å². The predicted molar refractivity (Wildman–Crippen MR) is 77.8 cm³/mol. The first-order valence-corrected chi connectivity index (χ1v) is 6.62. The summed E-state index contributed by atoms with van der Waals surface area (Å²) in [6.45, 7) is 3.82. The highest BCUT2D eigenvalue weighted by Gasteiger charge is 2.14. The Morgan fingerprint density at radius 3 is 2.65 bits per heavy atom. The second-order valence-electron chi connectivity index (χ2n) is 4.56. The van der Waals surface area contributed by atoms with Crippen molar-refractivity contribution in [3.63, 3.8) is 0 Å². The Labute approximate surface area is 121 Å². The predicted octanol–water partition coefficient (Wildman–Crippen LogP) is 3.75. The fourth-order valence-corrected chi connectivity index (χ4v) is 2.22. The monoisotopic (exact) mass is 288 g/mol. The van der Waals surface area contributed by atoms with Crippen LogP contribution < -0.4 is 5.32 Å². The lowest BCUT2D eigenvalue weighted by molar-refractivity contribution is 0.453. The van der Waals surface area contributed by atoms with Crippen molar-refractivity contribution >= 4 is 28.2 Å². The average molecular weight is 289 g/mol. The molecule has 2 heterocycles. The maximum Gasteiger partial charge on any atom is 0.216 e. The minimum atomic E-state index is -0.109. The molecule has 0 aliphatic heterocycles. The average Bonchev–Trinajstić information content (AvgIpc) is 2.89. The third-order valence-electron chi connectivity index (χ3n) is 3.01. The first-order chi connectivity index (χ1) is 9.65. The van der Waals surface area contributed by atoms with Crippen LogP contribution in [0.2, 0.25) is 5.15 Å². The number of hydrogen-bond acceptors (Lipinski definition) is 5. The first-order valence-electron chi connectivity index (χ1n) is 6.25. The van der Waals surface area contributed by atoms with Crippen LogP contribution in [0, 0.1) is 6.92 Å². The number of fused-ring (bicyclic) bond motifs is 1. The van der Waals surface area contributed by atoms with Crippen molar-refractivity contribution < 1.29 is 4.42 Å². The molecule has 3 rings (SSSR count). The van der Waals surface area contributed by atoms with Crippen molar-refractivity contribution in [1.82, 2.24) is 15.2 Å². The fraction of sp³-hybridized carbons (Fsp3) is 0.214. The van der Waals surface area contributed by atoms with Gasteiger partial charge in [0.25, 0.3) is 0 Å².